The first-order chi connectivity index (χ1) is 10.3. The molecule has 0 aliphatic carbocycles. The smallest absolute Gasteiger partial charge is 0.227 e. The van der Waals surface area contributed by atoms with Gasteiger partial charge in [-0.05, 0) is 25.1 Å². The molecular weight excluding hydrogens is 338 g/mol. The van der Waals surface area contributed by atoms with Crippen molar-refractivity contribution in [3.8, 4) is 11.3 Å². The molecule has 0 atom stereocenters. The van der Waals surface area contributed by atoms with E-state index in [0.29, 0.717) is 10.6 Å². The summed E-state index contributed by atoms with van der Waals surface area (Å²) in [6.07, 6.45) is -4.58. The van der Waals surface area contributed by atoms with Crippen LogP contribution >= 0.6 is 23.2 Å². The SMILES string of the molecule is Cc1nn2c(C(F)(F)F)cc(-c3ccc(Cl)cc3)nc2c1Cl. The predicted octanol–water partition coefficient (Wildman–Crippen LogP) is 5.03. The van der Waals surface area contributed by atoms with Crippen LogP contribution in [0.1, 0.15) is 11.4 Å². The zero-order valence-corrected chi connectivity index (χ0v) is 12.6. The molecule has 3 nitrogen and oxygen atoms in total. The lowest BCUT2D eigenvalue weighted by molar-refractivity contribution is -0.142. The standard InChI is InChI=1S/C14H8Cl2F3N3/c1-7-12(16)13-20-10(8-2-4-9(15)5-3-8)6-11(14(17,18)19)22(13)21-7/h2-6H,1H3. The second-order valence-corrected chi connectivity index (χ2v) is 5.48. The molecule has 0 bridgehead atoms. The number of alkyl halides is 3. The number of hydrogen-bond acceptors (Lipinski definition) is 2. The Balaban J connectivity index is 2.33. The van der Waals surface area contributed by atoms with Gasteiger partial charge in [0.05, 0.1) is 11.4 Å². The maximum Gasteiger partial charge on any atom is 0.433 e. The summed E-state index contributed by atoms with van der Waals surface area (Å²) in [4.78, 5) is 4.20. The van der Waals surface area contributed by atoms with Crippen molar-refractivity contribution in [2.45, 2.75) is 13.1 Å². The van der Waals surface area contributed by atoms with E-state index in [4.69, 9.17) is 23.2 Å². The van der Waals surface area contributed by atoms with E-state index in [-0.39, 0.29) is 22.1 Å². The molecule has 0 N–H and O–H groups in total. The van der Waals surface area contributed by atoms with E-state index in [9.17, 15) is 13.2 Å². The van der Waals surface area contributed by atoms with Crippen LogP contribution in [0.15, 0.2) is 30.3 Å². The molecule has 0 unspecified atom stereocenters. The van der Waals surface area contributed by atoms with Gasteiger partial charge >= 0.3 is 6.18 Å². The number of nitrogens with zero attached hydrogens (tertiary/aromatic N) is 3. The first kappa shape index (κ1) is 15.1. The van der Waals surface area contributed by atoms with Gasteiger partial charge in [0.2, 0.25) is 0 Å². The molecule has 114 valence electrons. The van der Waals surface area contributed by atoms with Crippen molar-refractivity contribution in [3.05, 3.63) is 51.8 Å². The van der Waals surface area contributed by atoms with Crippen molar-refractivity contribution in [1.29, 1.82) is 0 Å². The minimum Gasteiger partial charge on any atom is -0.227 e. The minimum atomic E-state index is -4.58. The van der Waals surface area contributed by atoms with Gasteiger partial charge < -0.3 is 0 Å². The Hall–Kier alpha value is -1.79. The molecule has 2 aromatic heterocycles. The maximum absolute atomic E-state index is 13.3. The van der Waals surface area contributed by atoms with Gasteiger partial charge in [-0.15, -0.1) is 0 Å². The molecule has 3 rings (SSSR count). The van der Waals surface area contributed by atoms with Crippen molar-refractivity contribution in [2.24, 2.45) is 0 Å². The molecule has 0 saturated heterocycles. The molecular formula is C14H8Cl2F3N3. The van der Waals surface area contributed by atoms with Gasteiger partial charge in [-0.25, -0.2) is 9.50 Å². The summed E-state index contributed by atoms with van der Waals surface area (Å²) in [7, 11) is 0. The molecule has 0 aliphatic heterocycles. The second kappa shape index (κ2) is 5.14. The van der Waals surface area contributed by atoms with Crippen molar-refractivity contribution in [1.82, 2.24) is 14.6 Å². The zero-order chi connectivity index (χ0) is 16.1. The first-order valence-corrected chi connectivity index (χ1v) is 6.92. The highest BCUT2D eigenvalue weighted by atomic mass is 35.5. The van der Waals surface area contributed by atoms with Crippen molar-refractivity contribution < 1.29 is 13.2 Å². The lowest BCUT2D eigenvalue weighted by Crippen LogP contribution is -2.13. The summed E-state index contributed by atoms with van der Waals surface area (Å²) in [5.74, 6) is 0. The Bertz CT molecular complexity index is 854. The van der Waals surface area contributed by atoms with Crippen molar-refractivity contribution in [3.63, 3.8) is 0 Å². The summed E-state index contributed by atoms with van der Waals surface area (Å²) in [6, 6.07) is 7.30. The predicted molar refractivity (Wildman–Crippen MR) is 78.2 cm³/mol. The normalized spacial score (nSPS) is 12.1. The highest BCUT2D eigenvalue weighted by Gasteiger charge is 2.35. The molecule has 0 amide bonds. The molecule has 0 fully saturated rings. The number of benzene rings is 1. The number of aromatic nitrogens is 3. The van der Waals surface area contributed by atoms with E-state index in [1.54, 1.807) is 24.3 Å². The van der Waals surface area contributed by atoms with Gasteiger partial charge in [0, 0.05) is 10.6 Å². The fourth-order valence-corrected chi connectivity index (χ4v) is 2.35. The topological polar surface area (TPSA) is 30.2 Å². The second-order valence-electron chi connectivity index (χ2n) is 4.67. The van der Waals surface area contributed by atoms with Crippen LogP contribution in [0.4, 0.5) is 13.2 Å². The average molecular weight is 346 g/mol. The molecule has 1 aromatic carbocycles. The average Bonchev–Trinajstić information content (AvgIpc) is 2.73. The van der Waals surface area contributed by atoms with Crippen LogP contribution < -0.4 is 0 Å². The summed E-state index contributed by atoms with van der Waals surface area (Å²) < 4.78 is 40.5. The van der Waals surface area contributed by atoms with Crippen LogP contribution in [-0.2, 0) is 6.18 Å². The fourth-order valence-electron chi connectivity index (χ4n) is 2.07. The van der Waals surface area contributed by atoms with Gasteiger partial charge in [-0.1, -0.05) is 35.3 Å². The summed E-state index contributed by atoms with van der Waals surface area (Å²) >= 11 is 11.8. The van der Waals surface area contributed by atoms with Crippen LogP contribution in [0.25, 0.3) is 16.9 Å². The molecule has 2 heterocycles. The van der Waals surface area contributed by atoms with E-state index in [1.807, 2.05) is 0 Å². The van der Waals surface area contributed by atoms with Gasteiger partial charge in [-0.3, -0.25) is 0 Å². The summed E-state index contributed by atoms with van der Waals surface area (Å²) in [5.41, 5.74) is -0.0186. The Morgan fingerprint density at radius 1 is 1.09 bits per heavy atom. The number of rotatable bonds is 1. The third-order valence-electron chi connectivity index (χ3n) is 3.12. The monoisotopic (exact) mass is 345 g/mol. The van der Waals surface area contributed by atoms with E-state index in [2.05, 4.69) is 10.1 Å². The van der Waals surface area contributed by atoms with Crippen LogP contribution in [-0.4, -0.2) is 14.6 Å². The molecule has 0 radical (unpaired) electrons. The summed E-state index contributed by atoms with van der Waals surface area (Å²) in [6.45, 7) is 1.53. The third kappa shape index (κ3) is 2.53. The number of fused-ring (bicyclic) bond motifs is 1. The molecule has 0 aliphatic rings. The molecule has 8 heteroatoms. The largest absolute Gasteiger partial charge is 0.433 e. The lowest BCUT2D eigenvalue weighted by atomic mass is 10.1. The van der Waals surface area contributed by atoms with E-state index >= 15 is 0 Å². The molecule has 0 spiro atoms. The Morgan fingerprint density at radius 3 is 2.32 bits per heavy atom. The third-order valence-corrected chi connectivity index (χ3v) is 3.82. The fraction of sp³-hybridized carbons (Fsp3) is 0.143. The highest BCUT2D eigenvalue weighted by Crippen LogP contribution is 2.34. The van der Waals surface area contributed by atoms with Crippen molar-refractivity contribution >= 4 is 28.8 Å². The van der Waals surface area contributed by atoms with Crippen LogP contribution in [0.3, 0.4) is 0 Å². The molecule has 22 heavy (non-hydrogen) atoms. The summed E-state index contributed by atoms with van der Waals surface area (Å²) in [5, 5.41) is 4.39. The highest BCUT2D eigenvalue weighted by molar-refractivity contribution is 6.34. The number of aryl methyl sites for hydroxylation is 1. The Labute approximate surface area is 133 Å². The lowest BCUT2D eigenvalue weighted by Gasteiger charge is -2.11. The van der Waals surface area contributed by atoms with E-state index < -0.39 is 11.9 Å². The first-order valence-electron chi connectivity index (χ1n) is 6.16. The van der Waals surface area contributed by atoms with Gasteiger partial charge in [-0.2, -0.15) is 18.3 Å². The van der Waals surface area contributed by atoms with Gasteiger partial charge in [0.1, 0.15) is 5.02 Å². The number of halogens is 5. The van der Waals surface area contributed by atoms with E-state index in [0.717, 1.165) is 10.6 Å². The Kier molecular flexibility index (Phi) is 3.53. The zero-order valence-electron chi connectivity index (χ0n) is 11.1. The van der Waals surface area contributed by atoms with Crippen LogP contribution in [0.2, 0.25) is 10.0 Å². The molecule has 3 aromatic rings. The van der Waals surface area contributed by atoms with Crippen LogP contribution in [0.5, 0.6) is 0 Å². The maximum atomic E-state index is 13.3. The minimum absolute atomic E-state index is 0.0288. The number of hydrogen-bond donors (Lipinski definition) is 0. The van der Waals surface area contributed by atoms with Gasteiger partial charge in [0.15, 0.2) is 11.3 Å². The Morgan fingerprint density at radius 2 is 1.73 bits per heavy atom. The van der Waals surface area contributed by atoms with Crippen LogP contribution in [0, 0.1) is 6.92 Å². The van der Waals surface area contributed by atoms with Crippen molar-refractivity contribution in [2.75, 3.05) is 0 Å². The van der Waals surface area contributed by atoms with Gasteiger partial charge in [0.25, 0.3) is 0 Å². The van der Waals surface area contributed by atoms with E-state index in [1.165, 1.54) is 6.92 Å². The molecule has 0 saturated carbocycles. The quantitative estimate of drug-likeness (QED) is 0.619.